The van der Waals surface area contributed by atoms with Gasteiger partial charge in [-0.2, -0.15) is 0 Å². The number of hydrogen-bond donors (Lipinski definition) is 2. The van der Waals surface area contributed by atoms with E-state index in [2.05, 4.69) is 86.9 Å². The molecule has 2 heteroatoms. The average molecular weight is 282 g/mol. The van der Waals surface area contributed by atoms with Crippen molar-refractivity contribution in [3.63, 3.8) is 0 Å². The van der Waals surface area contributed by atoms with Gasteiger partial charge in [0.25, 0.3) is 0 Å². The molecule has 2 aromatic rings. The van der Waals surface area contributed by atoms with Crippen molar-refractivity contribution in [1.29, 1.82) is 0 Å². The first-order chi connectivity index (χ1) is 10.0. The van der Waals surface area contributed by atoms with Crippen LogP contribution in [-0.2, 0) is 0 Å². The standard InChI is InChI=1S/C19H26N2/c1-15(2)19(16(3)4,20-17-11-7-5-8-12-17)21-18-13-9-6-10-14-18/h5-16,20-21H,1-4H3. The van der Waals surface area contributed by atoms with Crippen LogP contribution in [0.25, 0.3) is 0 Å². The second-order valence-electron chi connectivity index (χ2n) is 6.16. The normalized spacial score (nSPS) is 11.7. The number of para-hydroxylation sites is 2. The Morgan fingerprint density at radius 1 is 0.619 bits per heavy atom. The molecule has 0 heterocycles. The first-order valence-electron chi connectivity index (χ1n) is 7.71. The van der Waals surface area contributed by atoms with E-state index >= 15 is 0 Å². The van der Waals surface area contributed by atoms with Crippen LogP contribution in [0.15, 0.2) is 60.7 Å². The molecule has 0 atom stereocenters. The van der Waals surface area contributed by atoms with Crippen LogP contribution in [-0.4, -0.2) is 5.66 Å². The molecule has 0 radical (unpaired) electrons. The monoisotopic (exact) mass is 282 g/mol. The third-order valence-corrected chi connectivity index (χ3v) is 4.07. The molecular weight excluding hydrogens is 256 g/mol. The average Bonchev–Trinajstić information content (AvgIpc) is 2.48. The predicted octanol–water partition coefficient (Wildman–Crippen LogP) is 5.22. The Morgan fingerprint density at radius 2 is 0.952 bits per heavy atom. The predicted molar refractivity (Wildman–Crippen MR) is 92.5 cm³/mol. The molecule has 0 aliphatic carbocycles. The molecule has 2 rings (SSSR count). The molecule has 0 aliphatic rings. The van der Waals surface area contributed by atoms with Crippen molar-refractivity contribution in [3.8, 4) is 0 Å². The van der Waals surface area contributed by atoms with Gasteiger partial charge in [0.1, 0.15) is 5.66 Å². The van der Waals surface area contributed by atoms with Crippen LogP contribution < -0.4 is 10.6 Å². The number of rotatable bonds is 6. The summed E-state index contributed by atoms with van der Waals surface area (Å²) in [4.78, 5) is 0. The minimum Gasteiger partial charge on any atom is -0.362 e. The molecule has 0 saturated heterocycles. The summed E-state index contributed by atoms with van der Waals surface area (Å²) in [5.41, 5.74) is 2.09. The molecule has 2 N–H and O–H groups in total. The summed E-state index contributed by atoms with van der Waals surface area (Å²) < 4.78 is 0. The van der Waals surface area contributed by atoms with Crippen molar-refractivity contribution in [2.45, 2.75) is 33.4 Å². The van der Waals surface area contributed by atoms with Crippen LogP contribution in [0.4, 0.5) is 11.4 Å². The molecule has 2 nitrogen and oxygen atoms in total. The molecule has 0 aliphatic heterocycles. The van der Waals surface area contributed by atoms with Gasteiger partial charge in [0.05, 0.1) is 0 Å². The van der Waals surface area contributed by atoms with E-state index < -0.39 is 0 Å². The largest absolute Gasteiger partial charge is 0.362 e. The van der Waals surface area contributed by atoms with Gasteiger partial charge in [-0.15, -0.1) is 0 Å². The highest BCUT2D eigenvalue weighted by molar-refractivity contribution is 5.52. The molecule has 112 valence electrons. The summed E-state index contributed by atoms with van der Waals surface area (Å²) in [5, 5.41) is 7.46. The van der Waals surface area contributed by atoms with Crippen molar-refractivity contribution in [2.75, 3.05) is 10.6 Å². The van der Waals surface area contributed by atoms with Gasteiger partial charge in [-0.1, -0.05) is 64.1 Å². The van der Waals surface area contributed by atoms with Gasteiger partial charge in [-0.3, -0.25) is 0 Å². The van der Waals surface area contributed by atoms with Crippen molar-refractivity contribution >= 4 is 11.4 Å². The third-order valence-electron chi connectivity index (χ3n) is 4.07. The Bertz CT molecular complexity index is 481. The van der Waals surface area contributed by atoms with E-state index in [1.807, 2.05) is 12.1 Å². The van der Waals surface area contributed by atoms with E-state index in [1.165, 1.54) is 0 Å². The van der Waals surface area contributed by atoms with Crippen LogP contribution in [0.1, 0.15) is 27.7 Å². The fourth-order valence-corrected chi connectivity index (χ4v) is 2.80. The molecule has 0 unspecified atom stereocenters. The number of nitrogens with one attached hydrogen (secondary N) is 2. The van der Waals surface area contributed by atoms with E-state index in [-0.39, 0.29) is 5.66 Å². The minimum absolute atomic E-state index is 0.192. The van der Waals surface area contributed by atoms with Crippen LogP contribution >= 0.6 is 0 Å². The van der Waals surface area contributed by atoms with Gasteiger partial charge in [0, 0.05) is 11.4 Å². The quantitative estimate of drug-likeness (QED) is 0.710. The first-order valence-corrected chi connectivity index (χ1v) is 7.71. The Hall–Kier alpha value is -1.96. The SMILES string of the molecule is CC(C)C(Nc1ccccc1)(Nc1ccccc1)C(C)C. The first kappa shape index (κ1) is 15.4. The van der Waals surface area contributed by atoms with Crippen molar-refractivity contribution in [3.05, 3.63) is 60.7 Å². The zero-order valence-corrected chi connectivity index (χ0v) is 13.4. The summed E-state index contributed by atoms with van der Waals surface area (Å²) in [6, 6.07) is 20.8. The van der Waals surface area contributed by atoms with Gasteiger partial charge in [-0.05, 0) is 36.1 Å². The van der Waals surface area contributed by atoms with E-state index in [9.17, 15) is 0 Å². The smallest absolute Gasteiger partial charge is 0.112 e. The maximum atomic E-state index is 3.73. The van der Waals surface area contributed by atoms with Crippen molar-refractivity contribution in [2.24, 2.45) is 11.8 Å². The zero-order chi connectivity index (χ0) is 15.3. The van der Waals surface area contributed by atoms with Gasteiger partial charge in [0.15, 0.2) is 0 Å². The molecule has 2 aromatic carbocycles. The van der Waals surface area contributed by atoms with Crippen LogP contribution in [0, 0.1) is 11.8 Å². The highest BCUT2D eigenvalue weighted by atomic mass is 15.2. The maximum absolute atomic E-state index is 3.73. The molecular formula is C19H26N2. The Labute approximate surface area is 128 Å². The Morgan fingerprint density at radius 3 is 1.24 bits per heavy atom. The topological polar surface area (TPSA) is 24.1 Å². The lowest BCUT2D eigenvalue weighted by molar-refractivity contribution is 0.290. The lowest BCUT2D eigenvalue weighted by Gasteiger charge is -2.44. The fourth-order valence-electron chi connectivity index (χ4n) is 2.80. The second kappa shape index (κ2) is 6.66. The molecule has 0 spiro atoms. The van der Waals surface area contributed by atoms with E-state index in [0.29, 0.717) is 11.8 Å². The molecule has 21 heavy (non-hydrogen) atoms. The fraction of sp³-hybridized carbons (Fsp3) is 0.368. The molecule has 0 amide bonds. The Balaban J connectivity index is 2.34. The number of benzene rings is 2. The van der Waals surface area contributed by atoms with E-state index in [1.54, 1.807) is 0 Å². The molecule has 0 fully saturated rings. The third kappa shape index (κ3) is 3.57. The number of anilines is 2. The molecule has 0 saturated carbocycles. The van der Waals surface area contributed by atoms with Gasteiger partial charge >= 0.3 is 0 Å². The minimum atomic E-state index is -0.192. The summed E-state index contributed by atoms with van der Waals surface area (Å²) in [6.45, 7) is 9.02. The van der Waals surface area contributed by atoms with E-state index in [0.717, 1.165) is 11.4 Å². The van der Waals surface area contributed by atoms with Crippen LogP contribution in [0.5, 0.6) is 0 Å². The second-order valence-corrected chi connectivity index (χ2v) is 6.16. The summed E-state index contributed by atoms with van der Waals surface area (Å²) in [5.74, 6) is 0.857. The summed E-state index contributed by atoms with van der Waals surface area (Å²) >= 11 is 0. The molecule has 0 aromatic heterocycles. The lowest BCUT2D eigenvalue weighted by atomic mass is 9.84. The number of hydrogen-bond acceptors (Lipinski definition) is 2. The van der Waals surface area contributed by atoms with E-state index in [4.69, 9.17) is 0 Å². The molecule has 0 bridgehead atoms. The van der Waals surface area contributed by atoms with Crippen LogP contribution in [0.3, 0.4) is 0 Å². The maximum Gasteiger partial charge on any atom is 0.112 e. The summed E-state index contributed by atoms with van der Waals surface area (Å²) in [6.07, 6.45) is 0. The lowest BCUT2D eigenvalue weighted by Crippen LogP contribution is -2.55. The highest BCUT2D eigenvalue weighted by Crippen LogP contribution is 2.32. The van der Waals surface area contributed by atoms with Crippen molar-refractivity contribution in [1.82, 2.24) is 0 Å². The highest BCUT2D eigenvalue weighted by Gasteiger charge is 2.37. The Kier molecular flexibility index (Phi) is 4.89. The van der Waals surface area contributed by atoms with Gasteiger partial charge in [-0.25, -0.2) is 0 Å². The van der Waals surface area contributed by atoms with Gasteiger partial charge < -0.3 is 10.6 Å². The summed E-state index contributed by atoms with van der Waals surface area (Å²) in [7, 11) is 0. The zero-order valence-electron chi connectivity index (χ0n) is 13.4. The van der Waals surface area contributed by atoms with Gasteiger partial charge in [0.2, 0.25) is 0 Å². The van der Waals surface area contributed by atoms with Crippen LogP contribution in [0.2, 0.25) is 0 Å². The van der Waals surface area contributed by atoms with Crippen molar-refractivity contribution < 1.29 is 0 Å².